The third-order valence-corrected chi connectivity index (χ3v) is 5.38. The summed E-state index contributed by atoms with van der Waals surface area (Å²) >= 11 is 9.23. The standard InChI is InChI=1S/C25H22BrClN4O4/c1-15-6-7-16(2)21(10-15)30-23(32)14-35-22-9-8-18(26)11-17(22)13-28-31-25(34)24(33)29-20-5-3-4-19(27)12-20/h3-13H,14H2,1-2H3,(H,29,33)(H,30,32)(H,31,34)/b28-13-. The van der Waals surface area contributed by atoms with E-state index in [2.05, 4.69) is 37.1 Å². The summed E-state index contributed by atoms with van der Waals surface area (Å²) in [7, 11) is 0. The average Bonchev–Trinajstić information content (AvgIpc) is 2.81. The first-order chi connectivity index (χ1) is 16.7. The maximum atomic E-state index is 12.4. The second-order valence-electron chi connectivity index (χ2n) is 7.50. The molecule has 0 spiro atoms. The molecule has 35 heavy (non-hydrogen) atoms. The van der Waals surface area contributed by atoms with Gasteiger partial charge in [0.25, 0.3) is 5.91 Å². The Kier molecular flexibility index (Phi) is 8.99. The minimum atomic E-state index is -0.966. The van der Waals surface area contributed by atoms with Gasteiger partial charge in [0.15, 0.2) is 6.61 Å². The number of benzene rings is 3. The van der Waals surface area contributed by atoms with Crippen molar-refractivity contribution in [3.63, 3.8) is 0 Å². The Morgan fingerprint density at radius 3 is 2.57 bits per heavy atom. The molecule has 0 aliphatic carbocycles. The molecule has 3 aromatic carbocycles. The molecular formula is C25H22BrClN4O4. The van der Waals surface area contributed by atoms with Crippen LogP contribution in [0, 0.1) is 13.8 Å². The predicted octanol–water partition coefficient (Wildman–Crippen LogP) is 4.83. The van der Waals surface area contributed by atoms with E-state index in [-0.39, 0.29) is 12.5 Å². The molecule has 0 radical (unpaired) electrons. The molecule has 0 atom stereocenters. The van der Waals surface area contributed by atoms with Crippen LogP contribution in [0.15, 0.2) is 70.2 Å². The second-order valence-corrected chi connectivity index (χ2v) is 8.85. The number of carbonyl (C=O) groups excluding carboxylic acids is 3. The van der Waals surface area contributed by atoms with E-state index in [1.54, 1.807) is 36.4 Å². The van der Waals surface area contributed by atoms with Gasteiger partial charge < -0.3 is 15.4 Å². The van der Waals surface area contributed by atoms with Crippen LogP contribution < -0.4 is 20.8 Å². The minimum absolute atomic E-state index is 0.232. The molecule has 8 nitrogen and oxygen atoms in total. The molecule has 0 aromatic heterocycles. The number of rotatable bonds is 7. The number of anilines is 2. The third-order valence-electron chi connectivity index (χ3n) is 4.66. The molecule has 0 unspecified atom stereocenters. The molecule has 3 aromatic rings. The molecule has 0 aliphatic rings. The van der Waals surface area contributed by atoms with Gasteiger partial charge in [-0.2, -0.15) is 5.10 Å². The molecule has 0 saturated heterocycles. The van der Waals surface area contributed by atoms with Gasteiger partial charge in [0.2, 0.25) is 0 Å². The van der Waals surface area contributed by atoms with E-state index < -0.39 is 11.8 Å². The monoisotopic (exact) mass is 556 g/mol. The number of nitrogens with zero attached hydrogens (tertiary/aromatic N) is 1. The molecule has 3 N–H and O–H groups in total. The van der Waals surface area contributed by atoms with Crippen molar-refractivity contribution in [1.29, 1.82) is 0 Å². The molecule has 10 heteroatoms. The molecule has 0 bridgehead atoms. The van der Waals surface area contributed by atoms with E-state index >= 15 is 0 Å². The summed E-state index contributed by atoms with van der Waals surface area (Å²) in [5, 5.41) is 9.50. The number of aryl methyl sites for hydroxylation is 2. The topological polar surface area (TPSA) is 109 Å². The third kappa shape index (κ3) is 7.94. The maximum absolute atomic E-state index is 12.4. The molecule has 180 valence electrons. The van der Waals surface area contributed by atoms with Gasteiger partial charge in [0.05, 0.1) is 6.21 Å². The summed E-state index contributed by atoms with van der Waals surface area (Å²) in [5.74, 6) is -1.83. The Bertz CT molecular complexity index is 1300. The molecular weight excluding hydrogens is 536 g/mol. The van der Waals surface area contributed by atoms with Gasteiger partial charge in [-0.05, 0) is 67.4 Å². The Labute approximate surface area is 215 Å². The number of hydrogen-bond donors (Lipinski definition) is 3. The highest BCUT2D eigenvalue weighted by molar-refractivity contribution is 9.10. The van der Waals surface area contributed by atoms with Crippen molar-refractivity contribution in [3.8, 4) is 5.75 Å². The number of amides is 3. The van der Waals surface area contributed by atoms with Gasteiger partial charge in [-0.15, -0.1) is 0 Å². The average molecular weight is 558 g/mol. The van der Waals surface area contributed by atoms with Crippen LogP contribution >= 0.6 is 27.5 Å². The Balaban J connectivity index is 1.59. The van der Waals surface area contributed by atoms with Gasteiger partial charge in [0, 0.05) is 26.4 Å². The molecule has 0 aliphatic heterocycles. The van der Waals surface area contributed by atoms with Crippen LogP contribution in [0.2, 0.25) is 5.02 Å². The van der Waals surface area contributed by atoms with Gasteiger partial charge in [0.1, 0.15) is 5.75 Å². The van der Waals surface area contributed by atoms with Crippen LogP contribution in [0.3, 0.4) is 0 Å². The first-order valence-corrected chi connectivity index (χ1v) is 11.6. The van der Waals surface area contributed by atoms with E-state index in [1.807, 2.05) is 32.0 Å². The van der Waals surface area contributed by atoms with Gasteiger partial charge in [-0.1, -0.05) is 45.7 Å². The van der Waals surface area contributed by atoms with Crippen molar-refractivity contribution in [2.75, 3.05) is 17.2 Å². The highest BCUT2D eigenvalue weighted by Crippen LogP contribution is 2.22. The van der Waals surface area contributed by atoms with Crippen LogP contribution in [0.25, 0.3) is 0 Å². The lowest BCUT2D eigenvalue weighted by molar-refractivity contribution is -0.136. The lowest BCUT2D eigenvalue weighted by atomic mass is 10.1. The van der Waals surface area contributed by atoms with Crippen LogP contribution in [0.4, 0.5) is 11.4 Å². The van der Waals surface area contributed by atoms with E-state index in [4.69, 9.17) is 16.3 Å². The van der Waals surface area contributed by atoms with Gasteiger partial charge in [-0.25, -0.2) is 5.43 Å². The van der Waals surface area contributed by atoms with E-state index in [1.165, 1.54) is 12.3 Å². The van der Waals surface area contributed by atoms with Crippen molar-refractivity contribution in [2.45, 2.75) is 13.8 Å². The first-order valence-electron chi connectivity index (χ1n) is 10.4. The van der Waals surface area contributed by atoms with Crippen molar-refractivity contribution < 1.29 is 19.1 Å². The zero-order chi connectivity index (χ0) is 25.4. The second kappa shape index (κ2) is 12.1. The maximum Gasteiger partial charge on any atom is 0.329 e. The van der Waals surface area contributed by atoms with Gasteiger partial charge >= 0.3 is 11.8 Å². The van der Waals surface area contributed by atoms with Crippen LogP contribution in [0.1, 0.15) is 16.7 Å². The van der Waals surface area contributed by atoms with Crippen LogP contribution in [0.5, 0.6) is 5.75 Å². The summed E-state index contributed by atoms with van der Waals surface area (Å²) in [4.78, 5) is 36.5. The number of hydrazone groups is 1. The summed E-state index contributed by atoms with van der Waals surface area (Å²) in [6, 6.07) is 17.3. The smallest absolute Gasteiger partial charge is 0.329 e. The molecule has 0 heterocycles. The highest BCUT2D eigenvalue weighted by Gasteiger charge is 2.13. The lowest BCUT2D eigenvalue weighted by Crippen LogP contribution is -2.32. The zero-order valence-corrected chi connectivity index (χ0v) is 21.2. The fourth-order valence-corrected chi connectivity index (χ4v) is 3.49. The molecule has 3 amide bonds. The number of nitrogens with one attached hydrogen (secondary N) is 3. The van der Waals surface area contributed by atoms with Crippen LogP contribution in [-0.2, 0) is 14.4 Å². The molecule has 3 rings (SSSR count). The van der Waals surface area contributed by atoms with Crippen molar-refractivity contribution >= 4 is 62.8 Å². The minimum Gasteiger partial charge on any atom is -0.483 e. The Hall–Kier alpha value is -3.69. The summed E-state index contributed by atoms with van der Waals surface area (Å²) < 4.78 is 6.40. The highest BCUT2D eigenvalue weighted by atomic mass is 79.9. The summed E-state index contributed by atoms with van der Waals surface area (Å²) in [5.41, 5.74) is 5.70. The largest absolute Gasteiger partial charge is 0.483 e. The van der Waals surface area contributed by atoms with Crippen molar-refractivity contribution in [3.05, 3.63) is 86.8 Å². The predicted molar refractivity (Wildman–Crippen MR) is 140 cm³/mol. The number of halogens is 2. The number of ether oxygens (including phenoxy) is 1. The van der Waals surface area contributed by atoms with E-state index in [0.717, 1.165) is 21.3 Å². The van der Waals surface area contributed by atoms with E-state index in [9.17, 15) is 14.4 Å². The van der Waals surface area contributed by atoms with Crippen LogP contribution in [-0.4, -0.2) is 30.5 Å². The normalized spacial score (nSPS) is 10.6. The fraction of sp³-hybridized carbons (Fsp3) is 0.120. The zero-order valence-electron chi connectivity index (χ0n) is 18.9. The first kappa shape index (κ1) is 25.9. The fourth-order valence-electron chi connectivity index (χ4n) is 2.92. The van der Waals surface area contributed by atoms with Crippen molar-refractivity contribution in [1.82, 2.24) is 5.43 Å². The molecule has 0 fully saturated rings. The van der Waals surface area contributed by atoms with E-state index in [0.29, 0.717) is 22.0 Å². The van der Waals surface area contributed by atoms with Crippen molar-refractivity contribution in [2.24, 2.45) is 5.10 Å². The SMILES string of the molecule is Cc1ccc(C)c(NC(=O)COc2ccc(Br)cc2/C=N\NC(=O)C(=O)Nc2cccc(Cl)c2)c1. The Morgan fingerprint density at radius 2 is 1.80 bits per heavy atom. The molecule has 0 saturated carbocycles. The Morgan fingerprint density at radius 1 is 1.00 bits per heavy atom. The quantitative estimate of drug-likeness (QED) is 0.220. The lowest BCUT2D eigenvalue weighted by Gasteiger charge is -2.12. The number of carbonyl (C=O) groups is 3. The number of hydrogen-bond acceptors (Lipinski definition) is 5. The summed E-state index contributed by atoms with van der Waals surface area (Å²) in [6.45, 7) is 3.62. The summed E-state index contributed by atoms with van der Waals surface area (Å²) in [6.07, 6.45) is 1.31. The van der Waals surface area contributed by atoms with Gasteiger partial charge in [-0.3, -0.25) is 14.4 Å².